The quantitative estimate of drug-likeness (QED) is 0.846. The number of hydrogen-bond donors (Lipinski definition) is 2. The van der Waals surface area contributed by atoms with Gasteiger partial charge >= 0.3 is 0 Å². The molecule has 6 nitrogen and oxygen atoms in total. The zero-order chi connectivity index (χ0) is 18.3. The van der Waals surface area contributed by atoms with Gasteiger partial charge in [0.2, 0.25) is 5.91 Å². The second-order valence-corrected chi connectivity index (χ2v) is 8.25. The molecule has 0 radical (unpaired) electrons. The maximum atomic E-state index is 12.7. The summed E-state index contributed by atoms with van der Waals surface area (Å²) in [6.07, 6.45) is 7.09. The molecule has 0 unspecified atom stereocenters. The van der Waals surface area contributed by atoms with Crippen molar-refractivity contribution in [3.05, 3.63) is 40.0 Å². The number of nitrogens with zero attached hydrogens (tertiary/aromatic N) is 2. The minimum Gasteiger partial charge on any atom is -0.365 e. The maximum Gasteiger partial charge on any atom is 0.251 e. The minimum absolute atomic E-state index is 0.0754. The van der Waals surface area contributed by atoms with E-state index in [0.29, 0.717) is 17.1 Å². The van der Waals surface area contributed by atoms with Crippen molar-refractivity contribution in [2.45, 2.75) is 38.1 Å². The Hall–Kier alpha value is -2.12. The minimum atomic E-state index is -0.442. The summed E-state index contributed by atoms with van der Waals surface area (Å²) in [5, 5.41) is 3.59. The zero-order valence-electron chi connectivity index (χ0n) is 15.0. The Labute approximate surface area is 157 Å². The molecule has 1 aliphatic heterocycles. The summed E-state index contributed by atoms with van der Waals surface area (Å²) in [5.74, 6) is -0.518. The van der Waals surface area contributed by atoms with E-state index in [1.807, 2.05) is 19.3 Å². The lowest BCUT2D eigenvalue weighted by Crippen LogP contribution is -2.33. The lowest BCUT2D eigenvalue weighted by atomic mass is 10.1. The first-order valence-electron chi connectivity index (χ1n) is 9.14. The molecule has 3 N–H and O–H groups in total. The van der Waals surface area contributed by atoms with Crippen molar-refractivity contribution in [1.29, 1.82) is 0 Å². The molecule has 2 aliphatic rings. The number of thiophene rings is 1. The van der Waals surface area contributed by atoms with Gasteiger partial charge in [-0.15, -0.1) is 11.3 Å². The van der Waals surface area contributed by atoms with Gasteiger partial charge in [0.1, 0.15) is 5.00 Å². The van der Waals surface area contributed by atoms with Crippen LogP contribution in [-0.2, 0) is 24.7 Å². The highest BCUT2D eigenvalue weighted by Gasteiger charge is 2.30. The second kappa shape index (κ2) is 6.89. The number of fused-ring (bicyclic) bond motifs is 1. The number of aryl methyl sites for hydroxylation is 2. The number of anilines is 1. The van der Waals surface area contributed by atoms with Crippen LogP contribution in [0.5, 0.6) is 0 Å². The van der Waals surface area contributed by atoms with E-state index < -0.39 is 5.91 Å². The molecule has 0 aromatic carbocycles. The molecular formula is C19H24N4O2S. The van der Waals surface area contributed by atoms with Crippen LogP contribution >= 0.6 is 11.3 Å². The Bertz CT molecular complexity index is 854. The lowest BCUT2D eigenvalue weighted by Gasteiger charge is -2.24. The Morgan fingerprint density at radius 2 is 2.19 bits per heavy atom. The molecule has 2 aromatic rings. The standard InChI is InChI=1S/C19H24N4O2S/c1-22-9-3-6-13(22)14-7-4-10-23(14)11-16(24)21-19-17(18(20)25)12-5-2-8-15(12)26-19/h3,6,9,14H,2,4-5,7-8,10-11H2,1H3,(H2,20,25)(H,21,24)/t14-/m1/s1. The number of nitrogens with two attached hydrogens (primary N) is 1. The van der Waals surface area contributed by atoms with Gasteiger partial charge in [-0.05, 0) is 56.3 Å². The van der Waals surface area contributed by atoms with E-state index in [1.165, 1.54) is 21.9 Å². The van der Waals surface area contributed by atoms with Gasteiger partial charge in [0.05, 0.1) is 18.2 Å². The number of carbonyl (C=O) groups is 2. The van der Waals surface area contributed by atoms with Crippen molar-refractivity contribution >= 4 is 28.2 Å². The van der Waals surface area contributed by atoms with Crippen molar-refractivity contribution in [3.8, 4) is 0 Å². The molecule has 1 atom stereocenters. The molecule has 0 spiro atoms. The van der Waals surface area contributed by atoms with Crippen molar-refractivity contribution in [2.24, 2.45) is 12.8 Å². The number of aromatic nitrogens is 1. The molecule has 7 heteroatoms. The zero-order valence-corrected chi connectivity index (χ0v) is 15.8. The summed E-state index contributed by atoms with van der Waals surface area (Å²) in [6.45, 7) is 1.24. The summed E-state index contributed by atoms with van der Waals surface area (Å²) in [7, 11) is 2.04. The fourth-order valence-corrected chi connectivity index (χ4v) is 5.59. The van der Waals surface area contributed by atoms with Gasteiger partial charge in [-0.3, -0.25) is 14.5 Å². The largest absolute Gasteiger partial charge is 0.365 e. The van der Waals surface area contributed by atoms with E-state index in [2.05, 4.69) is 20.9 Å². The Morgan fingerprint density at radius 1 is 1.35 bits per heavy atom. The van der Waals surface area contributed by atoms with Gasteiger partial charge in [0, 0.05) is 23.8 Å². The van der Waals surface area contributed by atoms with Gasteiger partial charge in [0.25, 0.3) is 5.91 Å². The van der Waals surface area contributed by atoms with E-state index in [9.17, 15) is 9.59 Å². The van der Waals surface area contributed by atoms with Gasteiger partial charge in [-0.25, -0.2) is 0 Å². The van der Waals surface area contributed by atoms with Gasteiger partial charge in [0.15, 0.2) is 0 Å². The van der Waals surface area contributed by atoms with Crippen LogP contribution in [0, 0.1) is 0 Å². The predicted molar refractivity (Wildman–Crippen MR) is 102 cm³/mol. The van der Waals surface area contributed by atoms with Crippen LogP contribution in [0.4, 0.5) is 5.00 Å². The molecule has 1 fully saturated rings. The molecule has 0 bridgehead atoms. The SMILES string of the molecule is Cn1cccc1[C@H]1CCCN1CC(=O)Nc1sc2c(c1C(N)=O)CCC2. The predicted octanol–water partition coefficient (Wildman–Crippen LogP) is 2.45. The Kier molecular flexibility index (Phi) is 4.58. The lowest BCUT2D eigenvalue weighted by molar-refractivity contribution is -0.117. The first-order valence-corrected chi connectivity index (χ1v) is 9.95. The van der Waals surface area contributed by atoms with Gasteiger partial charge in [-0.2, -0.15) is 0 Å². The topological polar surface area (TPSA) is 80.4 Å². The van der Waals surface area contributed by atoms with E-state index in [4.69, 9.17) is 5.73 Å². The van der Waals surface area contributed by atoms with E-state index in [-0.39, 0.29) is 11.9 Å². The first-order chi connectivity index (χ1) is 12.5. The Balaban J connectivity index is 1.48. The van der Waals surface area contributed by atoms with Crippen LogP contribution in [0.15, 0.2) is 18.3 Å². The molecule has 1 saturated heterocycles. The average molecular weight is 372 g/mol. The number of likely N-dealkylation sites (tertiary alicyclic amines) is 1. The monoisotopic (exact) mass is 372 g/mol. The van der Waals surface area contributed by atoms with E-state index in [1.54, 1.807) is 0 Å². The van der Waals surface area contributed by atoms with Gasteiger partial charge < -0.3 is 15.6 Å². The fourth-order valence-electron chi connectivity index (χ4n) is 4.27. The van der Waals surface area contributed by atoms with Crippen LogP contribution < -0.4 is 11.1 Å². The Morgan fingerprint density at radius 3 is 2.92 bits per heavy atom. The van der Waals surface area contributed by atoms with E-state index >= 15 is 0 Å². The molecule has 26 heavy (non-hydrogen) atoms. The number of nitrogens with one attached hydrogen (secondary N) is 1. The number of hydrogen-bond acceptors (Lipinski definition) is 4. The number of primary amides is 1. The second-order valence-electron chi connectivity index (χ2n) is 7.15. The van der Waals surface area contributed by atoms with Gasteiger partial charge in [-0.1, -0.05) is 0 Å². The highest BCUT2D eigenvalue weighted by molar-refractivity contribution is 7.17. The summed E-state index contributed by atoms with van der Waals surface area (Å²) in [5.41, 5.74) is 8.38. The maximum absolute atomic E-state index is 12.7. The molecule has 4 rings (SSSR count). The smallest absolute Gasteiger partial charge is 0.251 e. The highest BCUT2D eigenvalue weighted by Crippen LogP contribution is 2.39. The average Bonchev–Trinajstić information content (AvgIpc) is 3.31. The van der Waals surface area contributed by atoms with Crippen molar-refractivity contribution in [2.75, 3.05) is 18.4 Å². The third-order valence-corrected chi connectivity index (χ3v) is 6.66. The molecule has 2 amide bonds. The molecule has 3 heterocycles. The number of carbonyl (C=O) groups excluding carboxylic acids is 2. The fraction of sp³-hybridized carbons (Fsp3) is 0.474. The van der Waals surface area contributed by atoms with Crippen LogP contribution in [-0.4, -0.2) is 34.4 Å². The number of amides is 2. The van der Waals surface area contributed by atoms with Crippen LogP contribution in [0.3, 0.4) is 0 Å². The summed E-state index contributed by atoms with van der Waals surface area (Å²) in [4.78, 5) is 28.0. The third kappa shape index (κ3) is 3.05. The molecule has 1 aliphatic carbocycles. The normalized spacial score (nSPS) is 19.7. The third-order valence-electron chi connectivity index (χ3n) is 5.46. The van der Waals surface area contributed by atoms with Crippen molar-refractivity contribution < 1.29 is 9.59 Å². The summed E-state index contributed by atoms with van der Waals surface area (Å²) < 4.78 is 2.12. The highest BCUT2D eigenvalue weighted by atomic mass is 32.1. The molecular weight excluding hydrogens is 348 g/mol. The summed E-state index contributed by atoms with van der Waals surface area (Å²) in [6, 6.07) is 4.43. The summed E-state index contributed by atoms with van der Waals surface area (Å²) >= 11 is 1.51. The van der Waals surface area contributed by atoms with E-state index in [0.717, 1.165) is 44.2 Å². The van der Waals surface area contributed by atoms with Crippen molar-refractivity contribution in [1.82, 2.24) is 9.47 Å². The van der Waals surface area contributed by atoms with Crippen LogP contribution in [0.25, 0.3) is 0 Å². The molecule has 138 valence electrons. The number of rotatable bonds is 5. The first kappa shape index (κ1) is 17.3. The van der Waals surface area contributed by atoms with Crippen LogP contribution in [0.2, 0.25) is 0 Å². The molecule has 0 saturated carbocycles. The van der Waals surface area contributed by atoms with Crippen molar-refractivity contribution in [3.63, 3.8) is 0 Å². The molecule has 2 aromatic heterocycles. The van der Waals surface area contributed by atoms with Crippen LogP contribution in [0.1, 0.15) is 51.8 Å².